The van der Waals surface area contributed by atoms with Crippen LogP contribution in [0.2, 0.25) is 10.2 Å². The van der Waals surface area contributed by atoms with E-state index >= 15 is 0 Å². The molecule has 2 rings (SSSR count). The number of aryl methyl sites for hydroxylation is 1. The van der Waals surface area contributed by atoms with Crippen molar-refractivity contribution in [2.24, 2.45) is 0 Å². The highest BCUT2D eigenvalue weighted by Crippen LogP contribution is 2.28. The lowest BCUT2D eigenvalue weighted by Crippen LogP contribution is -2.14. The van der Waals surface area contributed by atoms with Gasteiger partial charge >= 0.3 is 0 Å². The van der Waals surface area contributed by atoms with Crippen molar-refractivity contribution in [2.75, 3.05) is 0 Å². The van der Waals surface area contributed by atoms with Crippen LogP contribution in [-0.2, 0) is 5.41 Å². The maximum Gasteiger partial charge on any atom is 0.161 e. The molecule has 0 radical (unpaired) electrons. The van der Waals surface area contributed by atoms with Gasteiger partial charge in [0.2, 0.25) is 0 Å². The zero-order valence-corrected chi connectivity index (χ0v) is 13.0. The Kier molecular flexibility index (Phi) is 3.84. The molecule has 0 amide bonds. The molecule has 2 nitrogen and oxygen atoms in total. The third-order valence-corrected chi connectivity index (χ3v) is 3.32. The van der Waals surface area contributed by atoms with E-state index in [1.165, 1.54) is 0 Å². The SMILES string of the molecule is Cc1cc(Cl)ccc1-c1nc(Cl)cc(C(C)(C)C)n1. The molecule has 0 aliphatic rings. The summed E-state index contributed by atoms with van der Waals surface area (Å²) in [7, 11) is 0. The number of nitrogens with zero attached hydrogens (tertiary/aromatic N) is 2. The van der Waals surface area contributed by atoms with Crippen molar-refractivity contribution in [3.8, 4) is 11.4 Å². The van der Waals surface area contributed by atoms with E-state index in [0.717, 1.165) is 16.8 Å². The first kappa shape index (κ1) is 14.3. The number of benzene rings is 1. The first-order valence-corrected chi connectivity index (χ1v) is 6.84. The average Bonchev–Trinajstić information content (AvgIpc) is 2.26. The second-order valence-corrected chi connectivity index (χ2v) is 6.43. The van der Waals surface area contributed by atoms with E-state index in [9.17, 15) is 0 Å². The minimum atomic E-state index is -0.0678. The summed E-state index contributed by atoms with van der Waals surface area (Å²) in [5.41, 5.74) is 2.85. The van der Waals surface area contributed by atoms with E-state index in [1.807, 2.05) is 31.2 Å². The van der Waals surface area contributed by atoms with Gasteiger partial charge in [-0.2, -0.15) is 0 Å². The van der Waals surface area contributed by atoms with E-state index in [-0.39, 0.29) is 5.41 Å². The highest BCUT2D eigenvalue weighted by Gasteiger charge is 2.18. The number of halogens is 2. The molecule has 0 fully saturated rings. The molecular weight excluding hydrogens is 279 g/mol. The molecule has 0 aliphatic heterocycles. The largest absolute Gasteiger partial charge is 0.232 e. The topological polar surface area (TPSA) is 25.8 Å². The summed E-state index contributed by atoms with van der Waals surface area (Å²) in [4.78, 5) is 8.95. The fourth-order valence-corrected chi connectivity index (χ4v) is 2.21. The van der Waals surface area contributed by atoms with E-state index in [2.05, 4.69) is 30.7 Å². The lowest BCUT2D eigenvalue weighted by molar-refractivity contribution is 0.568. The Labute approximate surface area is 123 Å². The van der Waals surface area contributed by atoms with E-state index in [0.29, 0.717) is 16.0 Å². The summed E-state index contributed by atoms with van der Waals surface area (Å²) in [6.07, 6.45) is 0. The minimum absolute atomic E-state index is 0.0678. The first-order valence-electron chi connectivity index (χ1n) is 6.09. The lowest BCUT2D eigenvalue weighted by Gasteiger charge is -2.18. The molecule has 0 bridgehead atoms. The van der Waals surface area contributed by atoms with E-state index in [1.54, 1.807) is 0 Å². The van der Waals surface area contributed by atoms with Gasteiger partial charge in [-0.05, 0) is 36.8 Å². The molecule has 1 aromatic carbocycles. The summed E-state index contributed by atoms with van der Waals surface area (Å²) >= 11 is 12.1. The van der Waals surface area contributed by atoms with Crippen molar-refractivity contribution in [1.29, 1.82) is 0 Å². The second kappa shape index (κ2) is 5.10. The van der Waals surface area contributed by atoms with Crippen LogP contribution in [0.4, 0.5) is 0 Å². The fraction of sp³-hybridized carbons (Fsp3) is 0.333. The quantitative estimate of drug-likeness (QED) is 0.687. The van der Waals surface area contributed by atoms with Gasteiger partial charge in [0, 0.05) is 16.0 Å². The number of rotatable bonds is 1. The van der Waals surface area contributed by atoms with E-state index < -0.39 is 0 Å². The molecule has 0 atom stereocenters. The van der Waals surface area contributed by atoms with Crippen molar-refractivity contribution < 1.29 is 0 Å². The number of hydrogen-bond donors (Lipinski definition) is 0. The van der Waals surface area contributed by atoms with Gasteiger partial charge in [-0.3, -0.25) is 0 Å². The lowest BCUT2D eigenvalue weighted by atomic mass is 9.92. The maximum atomic E-state index is 6.11. The van der Waals surface area contributed by atoms with Gasteiger partial charge in [-0.1, -0.05) is 44.0 Å². The Morgan fingerprint density at radius 1 is 1.00 bits per heavy atom. The third kappa shape index (κ3) is 3.26. The van der Waals surface area contributed by atoms with Crippen LogP contribution in [-0.4, -0.2) is 9.97 Å². The zero-order chi connectivity index (χ0) is 14.2. The molecule has 1 aromatic heterocycles. The molecule has 0 N–H and O–H groups in total. The van der Waals surface area contributed by atoms with E-state index in [4.69, 9.17) is 23.2 Å². The van der Waals surface area contributed by atoms with Gasteiger partial charge in [0.1, 0.15) is 5.15 Å². The molecule has 0 aliphatic carbocycles. The Morgan fingerprint density at radius 2 is 1.68 bits per heavy atom. The molecule has 4 heteroatoms. The van der Waals surface area contributed by atoms with Crippen molar-refractivity contribution in [3.63, 3.8) is 0 Å². The summed E-state index contributed by atoms with van der Waals surface area (Å²) in [5.74, 6) is 0.645. The molecule has 100 valence electrons. The normalized spacial score (nSPS) is 11.7. The van der Waals surface area contributed by atoms with Crippen LogP contribution in [0.5, 0.6) is 0 Å². The van der Waals surface area contributed by atoms with Crippen LogP contribution < -0.4 is 0 Å². The second-order valence-electron chi connectivity index (χ2n) is 5.61. The van der Waals surface area contributed by atoms with Gasteiger partial charge in [0.25, 0.3) is 0 Å². The van der Waals surface area contributed by atoms with Crippen LogP contribution in [0.25, 0.3) is 11.4 Å². The predicted octanol–water partition coefficient (Wildman–Crippen LogP) is 5.06. The Bertz CT molecular complexity index is 616. The highest BCUT2D eigenvalue weighted by atomic mass is 35.5. The fourth-order valence-electron chi connectivity index (χ4n) is 1.80. The molecule has 1 heterocycles. The standard InChI is InChI=1S/C15H16Cl2N2/c1-9-7-10(16)5-6-11(9)14-18-12(15(2,3)4)8-13(17)19-14/h5-8H,1-4H3. The van der Waals surface area contributed by atoms with Gasteiger partial charge in [-0.25, -0.2) is 9.97 Å². The highest BCUT2D eigenvalue weighted by molar-refractivity contribution is 6.30. The molecular formula is C15H16Cl2N2. The van der Waals surface area contributed by atoms with Gasteiger partial charge < -0.3 is 0 Å². The van der Waals surface area contributed by atoms with Crippen LogP contribution in [0.3, 0.4) is 0 Å². The monoisotopic (exact) mass is 294 g/mol. The summed E-state index contributed by atoms with van der Waals surface area (Å²) in [6, 6.07) is 7.48. The van der Waals surface area contributed by atoms with Crippen LogP contribution >= 0.6 is 23.2 Å². The van der Waals surface area contributed by atoms with Gasteiger partial charge in [0.15, 0.2) is 5.82 Å². The van der Waals surface area contributed by atoms with Crippen molar-refractivity contribution in [3.05, 3.63) is 45.7 Å². The van der Waals surface area contributed by atoms with Crippen LogP contribution in [0, 0.1) is 6.92 Å². The molecule has 19 heavy (non-hydrogen) atoms. The predicted molar refractivity (Wildman–Crippen MR) is 80.9 cm³/mol. The maximum absolute atomic E-state index is 6.11. The molecule has 0 unspecified atom stereocenters. The summed E-state index contributed by atoms with van der Waals surface area (Å²) in [6.45, 7) is 8.29. The van der Waals surface area contributed by atoms with Crippen molar-refractivity contribution in [2.45, 2.75) is 33.1 Å². The molecule has 2 aromatic rings. The van der Waals surface area contributed by atoms with Gasteiger partial charge in [0.05, 0.1) is 5.69 Å². The molecule has 0 spiro atoms. The average molecular weight is 295 g/mol. The first-order chi connectivity index (χ1) is 8.77. The Balaban J connectivity index is 2.59. The smallest absolute Gasteiger partial charge is 0.161 e. The zero-order valence-electron chi connectivity index (χ0n) is 11.5. The van der Waals surface area contributed by atoms with Gasteiger partial charge in [-0.15, -0.1) is 0 Å². The van der Waals surface area contributed by atoms with Crippen LogP contribution in [0.1, 0.15) is 32.0 Å². The third-order valence-electron chi connectivity index (χ3n) is 2.89. The summed E-state index contributed by atoms with van der Waals surface area (Å²) < 4.78 is 0. The minimum Gasteiger partial charge on any atom is -0.232 e. The Morgan fingerprint density at radius 3 is 2.26 bits per heavy atom. The number of hydrogen-bond acceptors (Lipinski definition) is 2. The van der Waals surface area contributed by atoms with Crippen molar-refractivity contribution in [1.82, 2.24) is 9.97 Å². The summed E-state index contributed by atoms with van der Waals surface area (Å²) in [5, 5.41) is 1.17. The molecule has 0 saturated heterocycles. The van der Waals surface area contributed by atoms with Crippen LogP contribution in [0.15, 0.2) is 24.3 Å². The number of aromatic nitrogens is 2. The molecule has 0 saturated carbocycles. The van der Waals surface area contributed by atoms with Crippen molar-refractivity contribution >= 4 is 23.2 Å². The Hall–Kier alpha value is -1.12.